The van der Waals surface area contributed by atoms with Crippen LogP contribution in [0.15, 0.2) is 18.2 Å². The highest BCUT2D eigenvalue weighted by atomic mass is 16.1. The van der Waals surface area contributed by atoms with Crippen molar-refractivity contribution in [2.24, 2.45) is 13.0 Å². The maximum Gasteiger partial charge on any atom is 0.227 e. The number of hydrogen-bond donors (Lipinski definition) is 2. The molecule has 2 N–H and O–H groups in total. The summed E-state index contributed by atoms with van der Waals surface area (Å²) in [6.45, 7) is 9.53. The average Bonchev–Trinajstić information content (AvgIpc) is 2.84. The van der Waals surface area contributed by atoms with E-state index in [9.17, 15) is 4.79 Å². The van der Waals surface area contributed by atoms with Gasteiger partial charge in [0.2, 0.25) is 5.91 Å². The first-order chi connectivity index (χ1) is 11.3. The van der Waals surface area contributed by atoms with Gasteiger partial charge in [-0.25, -0.2) is 4.98 Å². The fraction of sp³-hybridized carbons (Fsp3) is 0.579. The normalized spacial score (nSPS) is 21.9. The Kier molecular flexibility index (Phi) is 4.38. The number of rotatable bonds is 2. The number of hydrogen-bond acceptors (Lipinski definition) is 3. The van der Waals surface area contributed by atoms with Crippen LogP contribution in [0, 0.1) is 5.92 Å². The smallest absolute Gasteiger partial charge is 0.227 e. The third-order valence-electron chi connectivity index (χ3n) is 4.81. The minimum absolute atomic E-state index is 0.0115. The molecule has 1 aromatic heterocycles. The maximum atomic E-state index is 12.5. The Morgan fingerprint density at radius 1 is 1.38 bits per heavy atom. The number of amides is 1. The van der Waals surface area contributed by atoms with Gasteiger partial charge in [0.15, 0.2) is 0 Å². The van der Waals surface area contributed by atoms with Crippen LogP contribution in [0.1, 0.15) is 46.4 Å². The third kappa shape index (κ3) is 3.31. The van der Waals surface area contributed by atoms with Gasteiger partial charge in [0.1, 0.15) is 5.82 Å². The van der Waals surface area contributed by atoms with Crippen molar-refractivity contribution >= 4 is 22.6 Å². The predicted octanol–water partition coefficient (Wildman–Crippen LogP) is 3.20. The van der Waals surface area contributed by atoms with Crippen LogP contribution < -0.4 is 10.6 Å². The quantitative estimate of drug-likeness (QED) is 0.890. The molecule has 0 spiro atoms. The fourth-order valence-electron chi connectivity index (χ4n) is 3.56. The highest BCUT2D eigenvalue weighted by Crippen LogP contribution is 2.27. The zero-order chi connectivity index (χ0) is 17.5. The average molecular weight is 328 g/mol. The summed E-state index contributed by atoms with van der Waals surface area (Å²) in [5.74, 6) is 1.26. The van der Waals surface area contributed by atoms with Crippen LogP contribution in [0.3, 0.4) is 0 Å². The Morgan fingerprint density at radius 3 is 2.79 bits per heavy atom. The first kappa shape index (κ1) is 17.0. The van der Waals surface area contributed by atoms with E-state index in [1.807, 2.05) is 25.2 Å². The number of carbonyl (C=O) groups is 1. The summed E-state index contributed by atoms with van der Waals surface area (Å²) in [5, 5.41) is 6.46. The van der Waals surface area contributed by atoms with Crippen LogP contribution in [0.2, 0.25) is 0 Å². The molecule has 5 nitrogen and oxygen atoms in total. The molecule has 1 aromatic carbocycles. The zero-order valence-electron chi connectivity index (χ0n) is 15.3. The topological polar surface area (TPSA) is 59.0 Å². The van der Waals surface area contributed by atoms with E-state index in [1.54, 1.807) is 0 Å². The Bertz CT molecular complexity index is 757. The molecule has 2 atom stereocenters. The van der Waals surface area contributed by atoms with Gasteiger partial charge in [-0.3, -0.25) is 4.79 Å². The van der Waals surface area contributed by atoms with E-state index in [0.717, 1.165) is 41.9 Å². The summed E-state index contributed by atoms with van der Waals surface area (Å²) in [4.78, 5) is 17.3. The number of imidazole rings is 1. The Balaban J connectivity index is 1.82. The summed E-state index contributed by atoms with van der Waals surface area (Å²) in [6, 6.07) is 6.39. The molecule has 0 unspecified atom stereocenters. The number of nitrogens with one attached hydrogen (secondary N) is 2. The second kappa shape index (κ2) is 6.20. The molecule has 0 saturated carbocycles. The molecule has 2 aromatic rings. The molecule has 130 valence electrons. The number of carbonyl (C=O) groups excluding carboxylic acids is 1. The van der Waals surface area contributed by atoms with Gasteiger partial charge in [-0.1, -0.05) is 20.8 Å². The molecule has 1 aliphatic heterocycles. The van der Waals surface area contributed by atoms with Gasteiger partial charge < -0.3 is 15.2 Å². The van der Waals surface area contributed by atoms with E-state index in [-0.39, 0.29) is 17.2 Å². The lowest BCUT2D eigenvalue weighted by atomic mass is 9.92. The maximum absolute atomic E-state index is 12.5. The number of fused-ring (bicyclic) bond motifs is 1. The lowest BCUT2D eigenvalue weighted by Gasteiger charge is -2.27. The number of aromatic nitrogens is 2. The van der Waals surface area contributed by atoms with E-state index in [1.165, 1.54) is 0 Å². The predicted molar refractivity (Wildman–Crippen MR) is 98.2 cm³/mol. The van der Waals surface area contributed by atoms with Crippen molar-refractivity contribution in [1.29, 1.82) is 0 Å². The van der Waals surface area contributed by atoms with E-state index in [4.69, 9.17) is 4.98 Å². The zero-order valence-corrected chi connectivity index (χ0v) is 15.3. The van der Waals surface area contributed by atoms with Crippen molar-refractivity contribution in [3.05, 3.63) is 24.0 Å². The Labute approximate surface area is 143 Å². The number of benzene rings is 1. The standard InChI is InChI=1S/C19H28N4O/c1-12-10-13(8-9-20-12)17(24)21-14-6-7-16-15(11-14)22-18(23(16)5)19(2,3)4/h6-7,11-13,20H,8-10H2,1-5H3,(H,21,24)/t12-,13-/m0/s1. The van der Waals surface area contributed by atoms with Gasteiger partial charge in [0.25, 0.3) is 0 Å². The van der Waals surface area contributed by atoms with Gasteiger partial charge in [0.05, 0.1) is 11.0 Å². The summed E-state index contributed by atoms with van der Waals surface area (Å²) < 4.78 is 2.13. The molecule has 1 aliphatic rings. The highest BCUT2D eigenvalue weighted by molar-refractivity contribution is 5.94. The molecule has 1 fully saturated rings. The van der Waals surface area contributed by atoms with Crippen molar-refractivity contribution in [2.75, 3.05) is 11.9 Å². The van der Waals surface area contributed by atoms with E-state index in [2.05, 4.69) is 42.9 Å². The van der Waals surface area contributed by atoms with Crippen LogP contribution in [0.5, 0.6) is 0 Å². The van der Waals surface area contributed by atoms with Gasteiger partial charge >= 0.3 is 0 Å². The molecular weight excluding hydrogens is 300 g/mol. The lowest BCUT2D eigenvalue weighted by Crippen LogP contribution is -2.40. The summed E-state index contributed by atoms with van der Waals surface area (Å²) >= 11 is 0. The minimum atomic E-state index is -0.0115. The lowest BCUT2D eigenvalue weighted by molar-refractivity contribution is -0.120. The molecule has 1 amide bonds. The monoisotopic (exact) mass is 328 g/mol. The largest absolute Gasteiger partial charge is 0.331 e. The van der Waals surface area contributed by atoms with Gasteiger partial charge in [0, 0.05) is 30.1 Å². The summed E-state index contributed by atoms with van der Waals surface area (Å²) in [5.41, 5.74) is 2.84. The summed E-state index contributed by atoms with van der Waals surface area (Å²) in [7, 11) is 2.05. The third-order valence-corrected chi connectivity index (χ3v) is 4.81. The molecule has 5 heteroatoms. The van der Waals surface area contributed by atoms with Crippen LogP contribution in [0.4, 0.5) is 5.69 Å². The Morgan fingerprint density at radius 2 is 2.12 bits per heavy atom. The number of aryl methyl sites for hydroxylation is 1. The van der Waals surface area contributed by atoms with E-state index < -0.39 is 0 Å². The van der Waals surface area contributed by atoms with Crippen LogP contribution in [0.25, 0.3) is 11.0 Å². The first-order valence-electron chi connectivity index (χ1n) is 8.77. The molecule has 0 radical (unpaired) electrons. The summed E-state index contributed by atoms with van der Waals surface area (Å²) in [6.07, 6.45) is 1.79. The Hall–Kier alpha value is -1.88. The van der Waals surface area contributed by atoms with Crippen LogP contribution in [-0.2, 0) is 17.3 Å². The number of anilines is 1. The molecule has 1 saturated heterocycles. The second-order valence-electron chi connectivity index (χ2n) is 8.01. The molecule has 3 rings (SSSR count). The number of nitrogens with zero attached hydrogens (tertiary/aromatic N) is 2. The van der Waals surface area contributed by atoms with Crippen molar-refractivity contribution in [2.45, 2.75) is 52.0 Å². The van der Waals surface area contributed by atoms with Crippen molar-refractivity contribution in [3.63, 3.8) is 0 Å². The van der Waals surface area contributed by atoms with Gasteiger partial charge in [-0.15, -0.1) is 0 Å². The SMILES string of the molecule is C[C@H]1C[C@@H](C(=O)Nc2ccc3c(c2)nc(C(C)(C)C)n3C)CCN1. The van der Waals surface area contributed by atoms with Crippen LogP contribution in [-0.4, -0.2) is 28.0 Å². The van der Waals surface area contributed by atoms with Gasteiger partial charge in [-0.05, 0) is 44.5 Å². The highest BCUT2D eigenvalue weighted by Gasteiger charge is 2.25. The van der Waals surface area contributed by atoms with Crippen molar-refractivity contribution < 1.29 is 4.79 Å². The van der Waals surface area contributed by atoms with E-state index >= 15 is 0 Å². The first-order valence-corrected chi connectivity index (χ1v) is 8.77. The second-order valence-corrected chi connectivity index (χ2v) is 8.01. The molecule has 0 aliphatic carbocycles. The fourth-order valence-corrected chi connectivity index (χ4v) is 3.56. The molecule has 0 bridgehead atoms. The van der Waals surface area contributed by atoms with Crippen molar-refractivity contribution in [3.8, 4) is 0 Å². The van der Waals surface area contributed by atoms with E-state index in [0.29, 0.717) is 6.04 Å². The van der Waals surface area contributed by atoms with Gasteiger partial charge in [-0.2, -0.15) is 0 Å². The number of piperidine rings is 1. The van der Waals surface area contributed by atoms with Crippen molar-refractivity contribution in [1.82, 2.24) is 14.9 Å². The molecular formula is C19H28N4O. The minimum Gasteiger partial charge on any atom is -0.331 e. The molecule has 2 heterocycles. The van der Waals surface area contributed by atoms with Crippen LogP contribution >= 0.6 is 0 Å². The molecule has 24 heavy (non-hydrogen) atoms.